The van der Waals surface area contributed by atoms with E-state index in [1.807, 2.05) is 11.3 Å². The van der Waals surface area contributed by atoms with Crippen molar-refractivity contribution in [3.05, 3.63) is 34.0 Å². The Hall–Kier alpha value is -0.600. The highest BCUT2D eigenvalue weighted by atomic mass is 32.1. The molecule has 13 heavy (non-hydrogen) atoms. The van der Waals surface area contributed by atoms with Gasteiger partial charge in [0.25, 0.3) is 0 Å². The van der Waals surface area contributed by atoms with Gasteiger partial charge in [-0.2, -0.15) is 0 Å². The van der Waals surface area contributed by atoms with Gasteiger partial charge in [0.15, 0.2) is 0 Å². The minimum Gasteiger partial charge on any atom is -0.307 e. The van der Waals surface area contributed by atoms with Crippen molar-refractivity contribution in [1.82, 2.24) is 5.32 Å². The van der Waals surface area contributed by atoms with Crippen molar-refractivity contribution in [2.75, 3.05) is 6.54 Å². The van der Waals surface area contributed by atoms with Crippen molar-refractivity contribution in [2.45, 2.75) is 25.8 Å². The van der Waals surface area contributed by atoms with Crippen LogP contribution in [0.3, 0.4) is 0 Å². The Morgan fingerprint density at radius 3 is 2.92 bits per heavy atom. The first-order valence-electron chi connectivity index (χ1n) is 4.86. The standard InChI is InChI=1S/C11H15NS/c1-2-10-5-6-11(13-10)8-9-4-3-7-12-9/h3-6,9,12H,2,7-8H2,1H3. The lowest BCUT2D eigenvalue weighted by molar-refractivity contribution is 0.670. The SMILES string of the molecule is CCc1ccc(CC2C=CCN2)s1. The molecule has 1 nitrogen and oxygen atoms in total. The fourth-order valence-corrected chi connectivity index (χ4v) is 2.61. The smallest absolute Gasteiger partial charge is 0.0301 e. The number of rotatable bonds is 3. The van der Waals surface area contributed by atoms with Gasteiger partial charge in [-0.05, 0) is 18.6 Å². The highest BCUT2D eigenvalue weighted by molar-refractivity contribution is 7.11. The maximum atomic E-state index is 3.43. The summed E-state index contributed by atoms with van der Waals surface area (Å²) in [6.45, 7) is 3.25. The Morgan fingerprint density at radius 2 is 2.31 bits per heavy atom. The average molecular weight is 193 g/mol. The van der Waals surface area contributed by atoms with E-state index in [1.165, 1.54) is 16.2 Å². The molecule has 0 bridgehead atoms. The van der Waals surface area contributed by atoms with Crippen LogP contribution in [0.25, 0.3) is 0 Å². The fourth-order valence-electron chi connectivity index (χ4n) is 1.60. The molecule has 2 heterocycles. The Morgan fingerprint density at radius 1 is 1.46 bits per heavy atom. The quantitative estimate of drug-likeness (QED) is 0.727. The van der Waals surface area contributed by atoms with Crippen molar-refractivity contribution in [3.63, 3.8) is 0 Å². The summed E-state index contributed by atoms with van der Waals surface area (Å²) in [5.74, 6) is 0. The number of nitrogens with one attached hydrogen (secondary N) is 1. The number of hydrogen-bond acceptors (Lipinski definition) is 2. The predicted octanol–water partition coefficient (Wildman–Crippen LogP) is 2.38. The molecule has 0 saturated carbocycles. The first-order chi connectivity index (χ1) is 6.38. The first kappa shape index (κ1) is 8.97. The van der Waals surface area contributed by atoms with E-state index in [-0.39, 0.29) is 0 Å². The van der Waals surface area contributed by atoms with Crippen molar-refractivity contribution in [3.8, 4) is 0 Å². The summed E-state index contributed by atoms with van der Waals surface area (Å²) in [6.07, 6.45) is 6.80. The second-order valence-electron chi connectivity index (χ2n) is 3.37. The highest BCUT2D eigenvalue weighted by Gasteiger charge is 2.09. The van der Waals surface area contributed by atoms with Crippen LogP contribution in [0.1, 0.15) is 16.7 Å². The van der Waals surface area contributed by atoms with Gasteiger partial charge in [0.1, 0.15) is 0 Å². The summed E-state index contributed by atoms with van der Waals surface area (Å²) in [5.41, 5.74) is 0. The molecule has 2 rings (SSSR count). The van der Waals surface area contributed by atoms with Gasteiger partial charge in [0.05, 0.1) is 0 Å². The molecule has 1 aromatic heterocycles. The van der Waals surface area contributed by atoms with Gasteiger partial charge >= 0.3 is 0 Å². The molecule has 0 aliphatic carbocycles. The molecule has 1 N–H and O–H groups in total. The average Bonchev–Trinajstić information content (AvgIpc) is 2.76. The maximum Gasteiger partial charge on any atom is 0.0301 e. The summed E-state index contributed by atoms with van der Waals surface area (Å²) in [5, 5.41) is 3.43. The molecule has 0 radical (unpaired) electrons. The van der Waals surface area contributed by atoms with Crippen LogP contribution in [-0.2, 0) is 12.8 Å². The third kappa shape index (κ3) is 2.20. The van der Waals surface area contributed by atoms with E-state index in [9.17, 15) is 0 Å². The summed E-state index contributed by atoms with van der Waals surface area (Å²) in [6, 6.07) is 5.08. The van der Waals surface area contributed by atoms with E-state index in [1.54, 1.807) is 0 Å². The van der Waals surface area contributed by atoms with E-state index in [0.717, 1.165) is 13.0 Å². The van der Waals surface area contributed by atoms with E-state index in [0.29, 0.717) is 6.04 Å². The lowest BCUT2D eigenvalue weighted by Crippen LogP contribution is -2.23. The second kappa shape index (κ2) is 4.07. The fraction of sp³-hybridized carbons (Fsp3) is 0.455. The second-order valence-corrected chi connectivity index (χ2v) is 4.62. The molecule has 1 atom stereocenters. The summed E-state index contributed by atoms with van der Waals surface area (Å²) in [4.78, 5) is 3.00. The third-order valence-electron chi connectivity index (χ3n) is 2.35. The molecule has 1 aliphatic rings. The van der Waals surface area contributed by atoms with Gasteiger partial charge in [0, 0.05) is 28.8 Å². The number of thiophene rings is 1. The third-order valence-corrected chi connectivity index (χ3v) is 3.61. The molecule has 2 heteroatoms. The zero-order valence-electron chi connectivity index (χ0n) is 7.92. The molecule has 0 spiro atoms. The summed E-state index contributed by atoms with van der Waals surface area (Å²) >= 11 is 1.95. The zero-order chi connectivity index (χ0) is 9.10. The summed E-state index contributed by atoms with van der Waals surface area (Å²) in [7, 11) is 0. The number of aryl methyl sites for hydroxylation is 1. The Kier molecular flexibility index (Phi) is 2.81. The molecule has 1 aromatic rings. The van der Waals surface area contributed by atoms with Gasteiger partial charge in [-0.15, -0.1) is 11.3 Å². The van der Waals surface area contributed by atoms with Crippen LogP contribution in [0, 0.1) is 0 Å². The molecule has 0 amide bonds. The molecular weight excluding hydrogens is 178 g/mol. The van der Waals surface area contributed by atoms with Crippen molar-refractivity contribution < 1.29 is 0 Å². The minimum absolute atomic E-state index is 0.573. The molecule has 1 unspecified atom stereocenters. The molecular formula is C11H15NS. The largest absolute Gasteiger partial charge is 0.307 e. The first-order valence-corrected chi connectivity index (χ1v) is 5.68. The molecule has 0 fully saturated rings. The van der Waals surface area contributed by atoms with E-state index >= 15 is 0 Å². The van der Waals surface area contributed by atoms with Crippen LogP contribution in [-0.4, -0.2) is 12.6 Å². The normalized spacial score (nSPS) is 21.2. The monoisotopic (exact) mass is 193 g/mol. The molecule has 1 aliphatic heterocycles. The van der Waals surface area contributed by atoms with Gasteiger partial charge in [-0.1, -0.05) is 19.1 Å². The Bertz CT molecular complexity index is 301. The van der Waals surface area contributed by atoms with Crippen LogP contribution in [0.15, 0.2) is 24.3 Å². The van der Waals surface area contributed by atoms with Gasteiger partial charge < -0.3 is 5.32 Å². The molecule has 0 saturated heterocycles. The Balaban J connectivity index is 1.96. The van der Waals surface area contributed by atoms with E-state index in [4.69, 9.17) is 0 Å². The summed E-state index contributed by atoms with van der Waals surface area (Å²) < 4.78 is 0. The number of hydrogen-bond donors (Lipinski definition) is 1. The van der Waals surface area contributed by atoms with Crippen LogP contribution >= 0.6 is 11.3 Å². The van der Waals surface area contributed by atoms with E-state index in [2.05, 4.69) is 36.5 Å². The van der Waals surface area contributed by atoms with Crippen LogP contribution in [0.2, 0.25) is 0 Å². The van der Waals surface area contributed by atoms with Crippen LogP contribution < -0.4 is 5.32 Å². The zero-order valence-corrected chi connectivity index (χ0v) is 8.73. The minimum atomic E-state index is 0.573. The highest BCUT2D eigenvalue weighted by Crippen LogP contribution is 2.19. The molecule has 0 aromatic carbocycles. The van der Waals surface area contributed by atoms with Gasteiger partial charge in [-0.3, -0.25) is 0 Å². The topological polar surface area (TPSA) is 12.0 Å². The lowest BCUT2D eigenvalue weighted by Gasteiger charge is -2.05. The van der Waals surface area contributed by atoms with Crippen LogP contribution in [0.4, 0.5) is 0 Å². The lowest BCUT2D eigenvalue weighted by atomic mass is 10.2. The van der Waals surface area contributed by atoms with Gasteiger partial charge in [-0.25, -0.2) is 0 Å². The Labute approximate surface area is 83.5 Å². The predicted molar refractivity (Wildman–Crippen MR) is 58.3 cm³/mol. The molecule has 70 valence electrons. The van der Waals surface area contributed by atoms with Crippen molar-refractivity contribution in [2.24, 2.45) is 0 Å². The maximum absolute atomic E-state index is 3.43. The van der Waals surface area contributed by atoms with E-state index < -0.39 is 0 Å². The van der Waals surface area contributed by atoms with Crippen molar-refractivity contribution >= 4 is 11.3 Å². The van der Waals surface area contributed by atoms with Crippen LogP contribution in [0.5, 0.6) is 0 Å². The van der Waals surface area contributed by atoms with Gasteiger partial charge in [0.2, 0.25) is 0 Å². The van der Waals surface area contributed by atoms with Crippen molar-refractivity contribution in [1.29, 1.82) is 0 Å².